The van der Waals surface area contributed by atoms with Gasteiger partial charge in [0.15, 0.2) is 5.82 Å². The van der Waals surface area contributed by atoms with Gasteiger partial charge in [0.05, 0.1) is 11.4 Å². The maximum atomic E-state index is 6.75. The lowest BCUT2D eigenvalue weighted by atomic mass is 9.94. The van der Waals surface area contributed by atoms with Gasteiger partial charge in [0.25, 0.3) is 0 Å². The Morgan fingerprint density at radius 2 is 0.900 bits per heavy atom. The van der Waals surface area contributed by atoms with E-state index in [-0.39, 0.29) is 0 Å². The van der Waals surface area contributed by atoms with E-state index in [1.165, 1.54) is 5.56 Å². The molecule has 234 valence electrons. The molecule has 4 heteroatoms. The Balaban J connectivity index is 1.21. The zero-order chi connectivity index (χ0) is 33.0. The maximum Gasteiger partial charge on any atom is 0.160 e. The lowest BCUT2D eigenvalue weighted by molar-refractivity contribution is 0.668. The van der Waals surface area contributed by atoms with Gasteiger partial charge in [0.1, 0.15) is 22.3 Å². The first-order valence-corrected chi connectivity index (χ1v) is 16.7. The summed E-state index contributed by atoms with van der Waals surface area (Å²) < 4.78 is 13.0. The second-order valence-corrected chi connectivity index (χ2v) is 12.5. The minimum atomic E-state index is 0.671. The lowest BCUT2D eigenvalue weighted by Gasteiger charge is -2.12. The molecule has 0 amide bonds. The van der Waals surface area contributed by atoms with E-state index in [0.29, 0.717) is 5.82 Å². The smallest absolute Gasteiger partial charge is 0.160 e. The molecule has 4 nitrogen and oxygen atoms in total. The van der Waals surface area contributed by atoms with Crippen molar-refractivity contribution in [1.29, 1.82) is 0 Å². The molecule has 0 unspecified atom stereocenters. The first kappa shape index (κ1) is 28.3. The largest absolute Gasteiger partial charge is 0.456 e. The molecule has 0 radical (unpaired) electrons. The molecule has 0 spiro atoms. The van der Waals surface area contributed by atoms with Gasteiger partial charge >= 0.3 is 0 Å². The fourth-order valence-corrected chi connectivity index (χ4v) is 7.17. The number of furan rings is 2. The molecule has 3 heterocycles. The molecule has 0 saturated carbocycles. The number of aromatic nitrogens is 2. The molecule has 50 heavy (non-hydrogen) atoms. The fraction of sp³-hybridized carbons (Fsp3) is 0. The van der Waals surface area contributed by atoms with Gasteiger partial charge in [-0.1, -0.05) is 140 Å². The minimum absolute atomic E-state index is 0.671. The molecule has 0 aliphatic rings. The van der Waals surface area contributed by atoms with Crippen LogP contribution in [0.3, 0.4) is 0 Å². The lowest BCUT2D eigenvalue weighted by Crippen LogP contribution is -1.96. The van der Waals surface area contributed by atoms with Gasteiger partial charge in [-0.3, -0.25) is 0 Å². The topological polar surface area (TPSA) is 52.1 Å². The molecule has 10 aromatic rings. The van der Waals surface area contributed by atoms with Gasteiger partial charge in [-0.25, -0.2) is 9.97 Å². The molecule has 0 N–H and O–H groups in total. The normalized spacial score (nSPS) is 11.6. The molecule has 7 aromatic carbocycles. The Bertz CT molecular complexity index is 2850. The van der Waals surface area contributed by atoms with Crippen LogP contribution in [0.4, 0.5) is 0 Å². The second-order valence-electron chi connectivity index (χ2n) is 12.5. The highest BCUT2D eigenvalue weighted by molar-refractivity contribution is 6.20. The van der Waals surface area contributed by atoms with Gasteiger partial charge in [-0.15, -0.1) is 0 Å². The molecular weight excluding hydrogens is 613 g/mol. The van der Waals surface area contributed by atoms with Crippen LogP contribution in [-0.4, -0.2) is 9.97 Å². The predicted molar refractivity (Wildman–Crippen MR) is 204 cm³/mol. The number of rotatable bonds is 5. The van der Waals surface area contributed by atoms with Crippen molar-refractivity contribution in [2.45, 2.75) is 0 Å². The SMILES string of the molecule is c1ccc(-c2ccc(-c3cc(-c4ccc(-c5cccc6oc7ccccc7c56)c5oc6ccccc6c45)nc(-c4ccccc4)n3)cc2)cc1. The molecule has 0 aliphatic heterocycles. The molecule has 0 atom stereocenters. The van der Waals surface area contributed by atoms with Crippen LogP contribution in [0, 0.1) is 0 Å². The van der Waals surface area contributed by atoms with Crippen LogP contribution in [0.25, 0.3) is 100 Å². The van der Waals surface area contributed by atoms with Gasteiger partial charge in [-0.05, 0) is 47.0 Å². The van der Waals surface area contributed by atoms with Crippen LogP contribution < -0.4 is 0 Å². The van der Waals surface area contributed by atoms with Gasteiger partial charge < -0.3 is 8.83 Å². The number of para-hydroxylation sites is 2. The highest BCUT2D eigenvalue weighted by atomic mass is 16.3. The van der Waals surface area contributed by atoms with E-state index in [1.807, 2.05) is 60.7 Å². The second kappa shape index (κ2) is 11.4. The quantitative estimate of drug-likeness (QED) is 0.188. The molecule has 3 aromatic heterocycles. The average Bonchev–Trinajstić information content (AvgIpc) is 3.77. The van der Waals surface area contributed by atoms with Crippen LogP contribution >= 0.6 is 0 Å². The summed E-state index contributed by atoms with van der Waals surface area (Å²) in [6.45, 7) is 0. The van der Waals surface area contributed by atoms with E-state index in [2.05, 4.69) is 109 Å². The third-order valence-corrected chi connectivity index (χ3v) is 9.54. The summed E-state index contributed by atoms with van der Waals surface area (Å²) in [4.78, 5) is 10.3. The Morgan fingerprint density at radius 1 is 0.340 bits per heavy atom. The Labute approximate surface area is 287 Å². The average molecular weight is 641 g/mol. The molecule has 0 saturated heterocycles. The summed E-state index contributed by atoms with van der Waals surface area (Å²) >= 11 is 0. The number of fused-ring (bicyclic) bond motifs is 6. The zero-order valence-corrected chi connectivity index (χ0v) is 26.9. The first-order valence-electron chi connectivity index (χ1n) is 16.7. The molecule has 0 aliphatic carbocycles. The van der Waals surface area contributed by atoms with Gasteiger partial charge in [0, 0.05) is 43.8 Å². The van der Waals surface area contributed by atoms with Crippen molar-refractivity contribution < 1.29 is 8.83 Å². The number of nitrogens with zero attached hydrogens (tertiary/aromatic N) is 2. The summed E-state index contributed by atoms with van der Waals surface area (Å²) in [7, 11) is 0. The molecule has 10 rings (SSSR count). The molecule has 0 bridgehead atoms. The van der Waals surface area contributed by atoms with Crippen LogP contribution in [0.15, 0.2) is 179 Å². The molecule has 0 fully saturated rings. The Morgan fingerprint density at radius 3 is 1.66 bits per heavy atom. The van der Waals surface area contributed by atoms with Crippen molar-refractivity contribution >= 4 is 43.9 Å². The number of hydrogen-bond acceptors (Lipinski definition) is 4. The van der Waals surface area contributed by atoms with Crippen LogP contribution in [0.2, 0.25) is 0 Å². The summed E-state index contributed by atoms with van der Waals surface area (Å²) in [5, 5.41) is 4.22. The highest BCUT2D eigenvalue weighted by Crippen LogP contribution is 2.45. The Kier molecular flexibility index (Phi) is 6.46. The van der Waals surface area contributed by atoms with E-state index in [0.717, 1.165) is 88.6 Å². The van der Waals surface area contributed by atoms with Crippen molar-refractivity contribution in [3.63, 3.8) is 0 Å². The summed E-state index contributed by atoms with van der Waals surface area (Å²) in [6, 6.07) is 58.3. The van der Waals surface area contributed by atoms with Crippen LogP contribution in [0.1, 0.15) is 0 Å². The Hall–Kier alpha value is -6.78. The van der Waals surface area contributed by atoms with Crippen molar-refractivity contribution in [2.75, 3.05) is 0 Å². The van der Waals surface area contributed by atoms with Crippen molar-refractivity contribution in [3.8, 4) is 56.2 Å². The molecular formula is C46H28N2O2. The number of hydrogen-bond donors (Lipinski definition) is 0. The number of benzene rings is 7. The van der Waals surface area contributed by atoms with Crippen LogP contribution in [0.5, 0.6) is 0 Å². The first-order chi connectivity index (χ1) is 24.8. The van der Waals surface area contributed by atoms with E-state index in [9.17, 15) is 0 Å². The predicted octanol–water partition coefficient (Wildman–Crippen LogP) is 12.6. The third kappa shape index (κ3) is 4.61. The summed E-state index contributed by atoms with van der Waals surface area (Å²) in [5.74, 6) is 0.671. The van der Waals surface area contributed by atoms with E-state index in [4.69, 9.17) is 18.8 Å². The van der Waals surface area contributed by atoms with Crippen molar-refractivity contribution in [3.05, 3.63) is 170 Å². The zero-order valence-electron chi connectivity index (χ0n) is 26.9. The van der Waals surface area contributed by atoms with Crippen molar-refractivity contribution in [1.82, 2.24) is 9.97 Å². The summed E-state index contributed by atoms with van der Waals surface area (Å²) in [6.07, 6.45) is 0. The van der Waals surface area contributed by atoms with E-state index in [1.54, 1.807) is 0 Å². The van der Waals surface area contributed by atoms with Gasteiger partial charge in [0.2, 0.25) is 0 Å². The monoisotopic (exact) mass is 640 g/mol. The van der Waals surface area contributed by atoms with E-state index < -0.39 is 0 Å². The maximum absolute atomic E-state index is 6.75. The summed E-state index contributed by atoms with van der Waals surface area (Å²) in [5.41, 5.74) is 12.4. The van der Waals surface area contributed by atoms with E-state index >= 15 is 0 Å². The standard InChI is InChI=1S/C46H28N2O2/c1-3-12-29(13-4-1)30-22-24-31(25-23-30)38-28-39(48-46(47-38)32-14-5-2-6-15-32)35-27-26-34(45-44(35)37-17-8-10-20-41(37)50-45)33-18-11-21-42-43(33)36-16-7-9-19-40(36)49-42/h1-28H. The van der Waals surface area contributed by atoms with Crippen molar-refractivity contribution in [2.24, 2.45) is 0 Å². The van der Waals surface area contributed by atoms with Gasteiger partial charge in [-0.2, -0.15) is 0 Å². The highest BCUT2D eigenvalue weighted by Gasteiger charge is 2.22. The third-order valence-electron chi connectivity index (χ3n) is 9.54. The van der Waals surface area contributed by atoms with Crippen LogP contribution in [-0.2, 0) is 0 Å². The fourth-order valence-electron chi connectivity index (χ4n) is 7.17. The minimum Gasteiger partial charge on any atom is -0.456 e.